The monoisotopic (exact) mass is 285 g/mol. The lowest BCUT2D eigenvalue weighted by Gasteiger charge is -2.11. The Labute approximate surface area is 123 Å². The molecule has 3 rings (SSSR count). The number of hydrogen-bond donors (Lipinski definition) is 1. The third kappa shape index (κ3) is 2.83. The molecule has 2 heterocycles. The smallest absolute Gasteiger partial charge is 0.238 e. The normalized spacial score (nSPS) is 13.1. The van der Waals surface area contributed by atoms with Crippen LogP contribution in [0.4, 0.5) is 0 Å². The highest BCUT2D eigenvalue weighted by atomic mass is 16.5. The summed E-state index contributed by atoms with van der Waals surface area (Å²) in [4.78, 5) is 4.45. The van der Waals surface area contributed by atoms with Gasteiger partial charge in [-0.05, 0) is 24.5 Å². The average Bonchev–Trinajstić information content (AvgIpc) is 3.10. The number of fused-ring (bicyclic) bond motifs is 1. The van der Waals surface area contributed by atoms with Crippen molar-refractivity contribution in [1.29, 1.82) is 0 Å². The van der Waals surface area contributed by atoms with Crippen molar-refractivity contribution in [3.05, 3.63) is 36.2 Å². The van der Waals surface area contributed by atoms with E-state index in [0.717, 1.165) is 17.4 Å². The molecule has 1 atom stereocenters. The van der Waals surface area contributed by atoms with Crippen LogP contribution in [0.25, 0.3) is 22.6 Å². The summed E-state index contributed by atoms with van der Waals surface area (Å²) in [6.45, 7) is 4.80. The summed E-state index contributed by atoms with van der Waals surface area (Å²) in [5, 5.41) is 5.05. The molecule has 21 heavy (non-hydrogen) atoms. The first-order valence-corrected chi connectivity index (χ1v) is 7.20. The van der Waals surface area contributed by atoms with Crippen LogP contribution in [0, 0.1) is 5.92 Å². The van der Waals surface area contributed by atoms with E-state index >= 15 is 0 Å². The molecule has 1 aromatic carbocycles. The maximum Gasteiger partial charge on any atom is 0.238 e. The lowest BCUT2D eigenvalue weighted by Crippen LogP contribution is -2.15. The first kappa shape index (κ1) is 13.8. The molecule has 5 nitrogen and oxygen atoms in total. The van der Waals surface area contributed by atoms with Gasteiger partial charge in [0.1, 0.15) is 5.58 Å². The van der Waals surface area contributed by atoms with E-state index < -0.39 is 0 Å². The topological polar surface area (TPSA) is 78.1 Å². The van der Waals surface area contributed by atoms with E-state index in [1.807, 2.05) is 30.3 Å². The molecular weight excluding hydrogens is 266 g/mol. The summed E-state index contributed by atoms with van der Waals surface area (Å²) >= 11 is 0. The summed E-state index contributed by atoms with van der Waals surface area (Å²) in [5.74, 6) is 2.30. The highest BCUT2D eigenvalue weighted by Crippen LogP contribution is 2.28. The van der Waals surface area contributed by atoms with E-state index in [1.54, 1.807) is 0 Å². The fourth-order valence-electron chi connectivity index (χ4n) is 2.46. The maximum atomic E-state index is 5.81. The first-order valence-electron chi connectivity index (χ1n) is 7.20. The Hall–Kier alpha value is -2.14. The highest BCUT2D eigenvalue weighted by molar-refractivity contribution is 5.81. The minimum absolute atomic E-state index is 0.0932. The molecular formula is C16H19N3O2. The number of hydrogen-bond acceptors (Lipinski definition) is 5. The summed E-state index contributed by atoms with van der Waals surface area (Å²) in [6.07, 6.45) is 0.929. The molecule has 2 aromatic heterocycles. The Morgan fingerprint density at radius 3 is 2.76 bits per heavy atom. The van der Waals surface area contributed by atoms with Crippen LogP contribution in [0.5, 0.6) is 0 Å². The Morgan fingerprint density at radius 2 is 2.05 bits per heavy atom. The Balaban J connectivity index is 1.90. The molecule has 0 radical (unpaired) electrons. The third-order valence-electron chi connectivity index (χ3n) is 3.48. The number of aromatic nitrogens is 2. The van der Waals surface area contributed by atoms with Crippen molar-refractivity contribution in [2.24, 2.45) is 11.7 Å². The van der Waals surface area contributed by atoms with Gasteiger partial charge in [0.25, 0.3) is 0 Å². The molecule has 110 valence electrons. The van der Waals surface area contributed by atoms with Gasteiger partial charge in [-0.2, -0.15) is 4.98 Å². The second kappa shape index (κ2) is 5.69. The van der Waals surface area contributed by atoms with Crippen LogP contribution >= 0.6 is 0 Å². The Bertz CT molecular complexity index is 697. The van der Waals surface area contributed by atoms with Crippen LogP contribution < -0.4 is 5.73 Å². The fourth-order valence-corrected chi connectivity index (χ4v) is 2.46. The van der Waals surface area contributed by atoms with E-state index in [2.05, 4.69) is 24.0 Å². The van der Waals surface area contributed by atoms with Crippen molar-refractivity contribution < 1.29 is 8.94 Å². The number of nitrogens with zero attached hydrogens (tertiary/aromatic N) is 2. The second-order valence-electron chi connectivity index (χ2n) is 5.67. The number of nitrogens with two attached hydrogens (primary N) is 1. The average molecular weight is 285 g/mol. The van der Waals surface area contributed by atoms with Crippen molar-refractivity contribution in [2.45, 2.75) is 26.2 Å². The van der Waals surface area contributed by atoms with Gasteiger partial charge in [0.05, 0.1) is 5.92 Å². The molecule has 0 aliphatic heterocycles. The van der Waals surface area contributed by atoms with Crippen molar-refractivity contribution in [3.8, 4) is 11.6 Å². The fraction of sp³-hybridized carbons (Fsp3) is 0.375. The van der Waals surface area contributed by atoms with Crippen LogP contribution in [0.15, 0.2) is 39.3 Å². The molecule has 5 heteroatoms. The number of benzene rings is 1. The highest BCUT2D eigenvalue weighted by Gasteiger charge is 2.20. The van der Waals surface area contributed by atoms with Gasteiger partial charge >= 0.3 is 0 Å². The molecule has 0 aliphatic rings. The van der Waals surface area contributed by atoms with Crippen LogP contribution in [-0.4, -0.2) is 16.7 Å². The Morgan fingerprint density at radius 1 is 1.24 bits per heavy atom. The summed E-state index contributed by atoms with van der Waals surface area (Å²) in [5.41, 5.74) is 6.63. The SMILES string of the molecule is CC(C)CC(CN)c1nc(-c2cc3ccccc3o2)no1. The summed E-state index contributed by atoms with van der Waals surface area (Å²) in [6, 6.07) is 9.73. The van der Waals surface area contributed by atoms with Crippen LogP contribution in [-0.2, 0) is 0 Å². The molecule has 0 amide bonds. The van der Waals surface area contributed by atoms with E-state index in [4.69, 9.17) is 14.7 Å². The lowest BCUT2D eigenvalue weighted by atomic mass is 9.97. The summed E-state index contributed by atoms with van der Waals surface area (Å²) in [7, 11) is 0. The maximum absolute atomic E-state index is 5.81. The van der Waals surface area contributed by atoms with Gasteiger partial charge in [0.15, 0.2) is 5.76 Å². The molecule has 3 aromatic rings. The van der Waals surface area contributed by atoms with Gasteiger partial charge in [-0.3, -0.25) is 0 Å². The molecule has 0 aliphatic carbocycles. The zero-order valence-corrected chi connectivity index (χ0v) is 12.2. The van der Waals surface area contributed by atoms with Crippen LogP contribution in [0.1, 0.15) is 32.1 Å². The molecule has 0 bridgehead atoms. The minimum atomic E-state index is 0.0932. The Kier molecular flexibility index (Phi) is 3.75. The van der Waals surface area contributed by atoms with E-state index in [-0.39, 0.29) is 5.92 Å². The molecule has 0 fully saturated rings. The van der Waals surface area contributed by atoms with Gasteiger partial charge in [0.2, 0.25) is 11.7 Å². The number of furan rings is 1. The number of para-hydroxylation sites is 1. The van der Waals surface area contributed by atoms with Crippen molar-refractivity contribution in [3.63, 3.8) is 0 Å². The third-order valence-corrected chi connectivity index (χ3v) is 3.48. The molecule has 0 saturated carbocycles. The zero-order valence-electron chi connectivity index (χ0n) is 12.2. The molecule has 0 saturated heterocycles. The van der Waals surface area contributed by atoms with Crippen molar-refractivity contribution in [1.82, 2.24) is 10.1 Å². The second-order valence-corrected chi connectivity index (χ2v) is 5.67. The van der Waals surface area contributed by atoms with E-state index in [0.29, 0.717) is 29.9 Å². The van der Waals surface area contributed by atoms with Gasteiger partial charge in [-0.1, -0.05) is 37.2 Å². The largest absolute Gasteiger partial charge is 0.453 e. The minimum Gasteiger partial charge on any atom is -0.453 e. The van der Waals surface area contributed by atoms with Gasteiger partial charge < -0.3 is 14.7 Å². The first-order chi connectivity index (χ1) is 10.2. The van der Waals surface area contributed by atoms with Crippen LogP contribution in [0.2, 0.25) is 0 Å². The van der Waals surface area contributed by atoms with Crippen molar-refractivity contribution in [2.75, 3.05) is 6.54 Å². The predicted molar refractivity (Wildman–Crippen MR) is 80.8 cm³/mol. The zero-order chi connectivity index (χ0) is 14.8. The molecule has 0 spiro atoms. The van der Waals surface area contributed by atoms with Crippen molar-refractivity contribution >= 4 is 11.0 Å². The van der Waals surface area contributed by atoms with Gasteiger partial charge in [-0.15, -0.1) is 0 Å². The summed E-state index contributed by atoms with van der Waals surface area (Å²) < 4.78 is 11.1. The number of rotatable bonds is 5. The molecule has 2 N–H and O–H groups in total. The van der Waals surface area contributed by atoms with E-state index in [9.17, 15) is 0 Å². The quantitative estimate of drug-likeness (QED) is 0.775. The van der Waals surface area contributed by atoms with Gasteiger partial charge in [0, 0.05) is 11.9 Å². The van der Waals surface area contributed by atoms with E-state index in [1.165, 1.54) is 0 Å². The van der Waals surface area contributed by atoms with Crippen LogP contribution in [0.3, 0.4) is 0 Å². The lowest BCUT2D eigenvalue weighted by molar-refractivity contribution is 0.334. The standard InChI is InChI=1S/C16H19N3O2/c1-10(2)7-12(9-17)16-18-15(19-21-16)14-8-11-5-3-4-6-13(11)20-14/h3-6,8,10,12H,7,9,17H2,1-2H3. The molecule has 1 unspecified atom stereocenters. The predicted octanol–water partition coefficient (Wildman–Crippen LogP) is 3.57. The van der Waals surface area contributed by atoms with Gasteiger partial charge in [-0.25, -0.2) is 0 Å².